The minimum atomic E-state index is -0.321. The highest BCUT2D eigenvalue weighted by Gasteiger charge is 2.15. The normalized spacial score (nSPS) is 20.7. The molecular weight excluding hydrogens is 283 g/mol. The van der Waals surface area contributed by atoms with E-state index < -0.39 is 0 Å². The van der Waals surface area contributed by atoms with Crippen LogP contribution in [0.4, 0.5) is 0 Å². The van der Waals surface area contributed by atoms with Gasteiger partial charge in [0.05, 0.1) is 22.3 Å². The van der Waals surface area contributed by atoms with Gasteiger partial charge in [0.15, 0.2) is 0 Å². The topological polar surface area (TPSA) is 29.5 Å². The van der Waals surface area contributed by atoms with Crippen LogP contribution in [0.25, 0.3) is 0 Å². The zero-order valence-corrected chi connectivity index (χ0v) is 12.5. The van der Waals surface area contributed by atoms with E-state index in [2.05, 4.69) is 0 Å². The average Bonchev–Trinajstić information content (AvgIpc) is 2.87. The van der Waals surface area contributed by atoms with Gasteiger partial charge in [-0.1, -0.05) is 29.3 Å². The lowest BCUT2D eigenvalue weighted by Crippen LogP contribution is -2.12. The fourth-order valence-electron chi connectivity index (χ4n) is 2.49. The van der Waals surface area contributed by atoms with Gasteiger partial charge in [0.2, 0.25) is 0 Å². The molecule has 1 aromatic rings. The molecule has 0 bridgehead atoms. The molecule has 0 aliphatic carbocycles. The van der Waals surface area contributed by atoms with Crippen LogP contribution < -0.4 is 0 Å². The van der Waals surface area contributed by atoms with Crippen molar-refractivity contribution in [2.75, 3.05) is 6.61 Å². The van der Waals surface area contributed by atoms with Gasteiger partial charge in [0.1, 0.15) is 0 Å². The fraction of sp³-hybridized carbons (Fsp3) is 0.600. The number of halogens is 2. The van der Waals surface area contributed by atoms with Crippen LogP contribution in [0.2, 0.25) is 10.0 Å². The van der Waals surface area contributed by atoms with Crippen LogP contribution in [0.5, 0.6) is 0 Å². The first kappa shape index (κ1) is 15.1. The quantitative estimate of drug-likeness (QED) is 0.851. The molecule has 1 fully saturated rings. The monoisotopic (exact) mass is 302 g/mol. The third kappa shape index (κ3) is 4.96. The fourth-order valence-corrected chi connectivity index (χ4v) is 2.81. The minimum Gasteiger partial charge on any atom is -0.393 e. The van der Waals surface area contributed by atoms with Crippen LogP contribution in [0.1, 0.15) is 37.7 Å². The molecule has 1 aliphatic rings. The molecule has 0 amide bonds. The van der Waals surface area contributed by atoms with Crippen molar-refractivity contribution in [3.05, 3.63) is 33.8 Å². The van der Waals surface area contributed by atoms with E-state index in [-0.39, 0.29) is 6.10 Å². The van der Waals surface area contributed by atoms with Gasteiger partial charge in [-0.2, -0.15) is 0 Å². The lowest BCUT2D eigenvalue weighted by molar-refractivity contribution is 0.0945. The van der Waals surface area contributed by atoms with Gasteiger partial charge in [0, 0.05) is 6.61 Å². The molecule has 2 rings (SSSR count). The summed E-state index contributed by atoms with van der Waals surface area (Å²) < 4.78 is 5.57. The molecule has 2 unspecified atom stereocenters. The molecule has 1 saturated heterocycles. The molecule has 1 aromatic carbocycles. The number of hydrogen-bond donors (Lipinski definition) is 1. The maximum absolute atomic E-state index is 10.0. The van der Waals surface area contributed by atoms with Gasteiger partial charge in [0.25, 0.3) is 0 Å². The Bertz CT molecular complexity index is 403. The third-order valence-corrected chi connectivity index (χ3v) is 4.28. The third-order valence-electron chi connectivity index (χ3n) is 3.54. The van der Waals surface area contributed by atoms with Gasteiger partial charge < -0.3 is 9.84 Å². The number of rotatable bonds is 6. The van der Waals surface area contributed by atoms with E-state index in [0.717, 1.165) is 31.4 Å². The molecule has 1 aliphatic heterocycles. The highest BCUT2D eigenvalue weighted by atomic mass is 35.5. The largest absolute Gasteiger partial charge is 0.393 e. The Morgan fingerprint density at radius 1 is 1.32 bits per heavy atom. The lowest BCUT2D eigenvalue weighted by Gasteiger charge is -2.13. The van der Waals surface area contributed by atoms with Gasteiger partial charge in [-0.3, -0.25) is 0 Å². The maximum atomic E-state index is 10.0. The van der Waals surface area contributed by atoms with E-state index in [1.165, 1.54) is 12.8 Å². The van der Waals surface area contributed by atoms with E-state index in [1.54, 1.807) is 6.07 Å². The summed E-state index contributed by atoms with van der Waals surface area (Å²) in [6.07, 6.45) is 5.93. The van der Waals surface area contributed by atoms with Crippen molar-refractivity contribution < 1.29 is 9.84 Å². The van der Waals surface area contributed by atoms with Crippen LogP contribution in [-0.4, -0.2) is 23.9 Å². The molecule has 1 heterocycles. The standard InChI is InChI=1S/C15H20Cl2O2/c16-14-7-6-11(10-15(14)17)9-12(18)3-1-4-13-5-2-8-19-13/h6-7,10,12-13,18H,1-5,8-9H2. The summed E-state index contributed by atoms with van der Waals surface area (Å²) in [5.74, 6) is 0. The van der Waals surface area contributed by atoms with Crippen LogP contribution in [0.3, 0.4) is 0 Å². The van der Waals surface area contributed by atoms with Crippen molar-refractivity contribution >= 4 is 23.2 Å². The van der Waals surface area contributed by atoms with Gasteiger partial charge in [-0.25, -0.2) is 0 Å². The molecule has 0 spiro atoms. The van der Waals surface area contributed by atoms with Crippen LogP contribution in [0, 0.1) is 0 Å². The zero-order valence-electron chi connectivity index (χ0n) is 10.9. The summed E-state index contributed by atoms with van der Waals surface area (Å²) in [4.78, 5) is 0. The molecule has 19 heavy (non-hydrogen) atoms. The molecule has 0 saturated carbocycles. The Labute approximate surface area is 124 Å². The second-order valence-corrected chi connectivity index (χ2v) is 5.99. The molecule has 4 heteroatoms. The van der Waals surface area contributed by atoms with Gasteiger partial charge in [-0.15, -0.1) is 0 Å². The van der Waals surface area contributed by atoms with Crippen molar-refractivity contribution in [2.45, 2.75) is 50.7 Å². The first-order valence-electron chi connectivity index (χ1n) is 6.89. The SMILES string of the molecule is OC(CCCC1CCCO1)Cc1ccc(Cl)c(Cl)c1. The summed E-state index contributed by atoms with van der Waals surface area (Å²) >= 11 is 11.8. The molecule has 1 N–H and O–H groups in total. The van der Waals surface area contributed by atoms with E-state index in [9.17, 15) is 5.11 Å². The number of ether oxygens (including phenoxy) is 1. The predicted octanol–water partition coefficient (Wildman–Crippen LogP) is 4.25. The van der Waals surface area contributed by atoms with E-state index >= 15 is 0 Å². The first-order valence-corrected chi connectivity index (χ1v) is 7.64. The Kier molecular flexibility index (Phi) is 5.96. The molecular formula is C15H20Cl2O2. The summed E-state index contributed by atoms with van der Waals surface area (Å²) in [7, 11) is 0. The van der Waals surface area contributed by atoms with Crippen molar-refractivity contribution in [3.8, 4) is 0 Å². The lowest BCUT2D eigenvalue weighted by atomic mass is 10.0. The van der Waals surface area contributed by atoms with Crippen molar-refractivity contribution in [2.24, 2.45) is 0 Å². The maximum Gasteiger partial charge on any atom is 0.0595 e. The van der Waals surface area contributed by atoms with Crippen molar-refractivity contribution in [1.82, 2.24) is 0 Å². The molecule has 0 aromatic heterocycles. The van der Waals surface area contributed by atoms with E-state index in [0.29, 0.717) is 22.6 Å². The zero-order chi connectivity index (χ0) is 13.7. The van der Waals surface area contributed by atoms with Crippen LogP contribution in [-0.2, 0) is 11.2 Å². The van der Waals surface area contributed by atoms with Gasteiger partial charge in [-0.05, 0) is 56.2 Å². The van der Waals surface area contributed by atoms with Gasteiger partial charge >= 0.3 is 0 Å². The number of aliphatic hydroxyl groups is 1. The minimum absolute atomic E-state index is 0.321. The number of aliphatic hydroxyl groups excluding tert-OH is 1. The average molecular weight is 303 g/mol. The first-order chi connectivity index (χ1) is 9.15. The molecule has 2 atom stereocenters. The van der Waals surface area contributed by atoms with E-state index in [4.69, 9.17) is 27.9 Å². The molecule has 2 nitrogen and oxygen atoms in total. The summed E-state index contributed by atoms with van der Waals surface area (Å²) in [6, 6.07) is 5.52. The van der Waals surface area contributed by atoms with Crippen LogP contribution >= 0.6 is 23.2 Å². The highest BCUT2D eigenvalue weighted by molar-refractivity contribution is 6.42. The predicted molar refractivity (Wildman–Crippen MR) is 79.0 cm³/mol. The summed E-state index contributed by atoms with van der Waals surface area (Å²) in [5, 5.41) is 11.1. The molecule has 0 radical (unpaired) electrons. The summed E-state index contributed by atoms with van der Waals surface area (Å²) in [5.41, 5.74) is 1.03. The highest BCUT2D eigenvalue weighted by Crippen LogP contribution is 2.24. The summed E-state index contributed by atoms with van der Waals surface area (Å²) in [6.45, 7) is 0.899. The number of hydrogen-bond acceptors (Lipinski definition) is 2. The number of benzene rings is 1. The Balaban J connectivity index is 1.70. The Hall–Kier alpha value is -0.280. The van der Waals surface area contributed by atoms with Crippen molar-refractivity contribution in [1.29, 1.82) is 0 Å². The molecule has 106 valence electrons. The van der Waals surface area contributed by atoms with Crippen molar-refractivity contribution in [3.63, 3.8) is 0 Å². The Morgan fingerprint density at radius 2 is 2.16 bits per heavy atom. The second kappa shape index (κ2) is 7.49. The Morgan fingerprint density at radius 3 is 2.84 bits per heavy atom. The van der Waals surface area contributed by atoms with Crippen LogP contribution in [0.15, 0.2) is 18.2 Å². The van der Waals surface area contributed by atoms with E-state index in [1.807, 2.05) is 12.1 Å². The smallest absolute Gasteiger partial charge is 0.0595 e. The second-order valence-electron chi connectivity index (χ2n) is 5.17.